The molecule has 0 saturated carbocycles. The first-order valence-corrected chi connectivity index (χ1v) is 6.58. The molecule has 0 fully saturated rings. The summed E-state index contributed by atoms with van der Waals surface area (Å²) in [6.45, 7) is 1.86. The van der Waals surface area contributed by atoms with Crippen LogP contribution in [0.5, 0.6) is 0 Å². The van der Waals surface area contributed by atoms with E-state index in [2.05, 4.69) is 31.5 Å². The molecule has 0 aliphatic heterocycles. The molecule has 2 N–H and O–H groups in total. The highest BCUT2D eigenvalue weighted by Crippen LogP contribution is 2.19. The molecule has 2 heterocycles. The molecule has 1 atom stereocenters. The Morgan fingerprint density at radius 3 is 2.95 bits per heavy atom. The van der Waals surface area contributed by atoms with Gasteiger partial charge in [-0.05, 0) is 41.1 Å². The second-order valence-electron chi connectivity index (χ2n) is 4.01. The zero-order chi connectivity index (χ0) is 13.8. The Bertz CT molecular complexity index is 569. The van der Waals surface area contributed by atoms with E-state index in [1.165, 1.54) is 0 Å². The number of hydrogen-bond acceptors (Lipinski definition) is 4. The zero-order valence-corrected chi connectivity index (χ0v) is 12.2. The number of carbonyl (C=O) groups excluding carboxylic acids is 1. The number of aromatic nitrogens is 1. The van der Waals surface area contributed by atoms with Gasteiger partial charge >= 0.3 is 0 Å². The van der Waals surface area contributed by atoms with Crippen molar-refractivity contribution < 1.29 is 9.21 Å². The molecule has 0 bridgehead atoms. The maximum Gasteiger partial charge on any atom is 0.255 e. The second-order valence-corrected chi connectivity index (χ2v) is 4.93. The molecule has 5 nitrogen and oxygen atoms in total. The van der Waals surface area contributed by atoms with Crippen molar-refractivity contribution in [3.05, 3.63) is 46.5 Å². The zero-order valence-electron chi connectivity index (χ0n) is 10.6. The molecule has 0 aromatic carbocycles. The van der Waals surface area contributed by atoms with Crippen LogP contribution in [0.15, 0.2) is 39.5 Å². The normalized spacial score (nSPS) is 11.9. The summed E-state index contributed by atoms with van der Waals surface area (Å²) >= 11 is 3.31. The summed E-state index contributed by atoms with van der Waals surface area (Å²) in [7, 11) is 1.73. The van der Waals surface area contributed by atoms with Crippen LogP contribution < -0.4 is 10.6 Å². The number of amides is 1. The molecule has 100 valence electrons. The van der Waals surface area contributed by atoms with Gasteiger partial charge < -0.3 is 15.1 Å². The molecular formula is C13H14BrN3O2. The number of nitrogens with one attached hydrogen (secondary N) is 2. The summed E-state index contributed by atoms with van der Waals surface area (Å²) in [6.07, 6.45) is 3.22. The van der Waals surface area contributed by atoms with E-state index in [-0.39, 0.29) is 11.9 Å². The van der Waals surface area contributed by atoms with Crippen LogP contribution in [0, 0.1) is 0 Å². The van der Waals surface area contributed by atoms with Gasteiger partial charge in [0.15, 0.2) is 0 Å². The minimum absolute atomic E-state index is 0.203. The van der Waals surface area contributed by atoms with E-state index >= 15 is 0 Å². The van der Waals surface area contributed by atoms with Gasteiger partial charge in [0.2, 0.25) is 0 Å². The van der Waals surface area contributed by atoms with Crippen molar-refractivity contribution in [3.8, 4) is 0 Å². The third-order valence-electron chi connectivity index (χ3n) is 2.65. The average molecular weight is 324 g/mol. The molecule has 19 heavy (non-hydrogen) atoms. The molecule has 0 aliphatic carbocycles. The van der Waals surface area contributed by atoms with Gasteiger partial charge in [-0.3, -0.25) is 4.79 Å². The molecule has 2 aromatic heterocycles. The van der Waals surface area contributed by atoms with Crippen LogP contribution in [0.2, 0.25) is 0 Å². The Balaban J connectivity index is 2.18. The number of anilines is 1. The van der Waals surface area contributed by atoms with Crippen LogP contribution in [0.25, 0.3) is 0 Å². The minimum atomic E-state index is -0.206. The Hall–Kier alpha value is -1.82. The summed E-state index contributed by atoms with van der Waals surface area (Å²) in [5.74, 6) is 1.04. The molecule has 0 radical (unpaired) electrons. The van der Waals surface area contributed by atoms with E-state index in [0.717, 1.165) is 4.47 Å². The summed E-state index contributed by atoms with van der Waals surface area (Å²) in [5.41, 5.74) is 0.482. The lowest BCUT2D eigenvalue weighted by atomic mass is 10.2. The first-order chi connectivity index (χ1) is 9.11. The number of furan rings is 1. The molecule has 2 aromatic rings. The number of carbonyl (C=O) groups is 1. The maximum atomic E-state index is 12.2. The first-order valence-electron chi connectivity index (χ1n) is 5.79. The van der Waals surface area contributed by atoms with Gasteiger partial charge in [0.1, 0.15) is 11.6 Å². The minimum Gasteiger partial charge on any atom is -0.467 e. The van der Waals surface area contributed by atoms with Crippen molar-refractivity contribution >= 4 is 27.7 Å². The highest BCUT2D eigenvalue weighted by Gasteiger charge is 2.17. The van der Waals surface area contributed by atoms with Crippen LogP contribution in [0.1, 0.15) is 29.1 Å². The van der Waals surface area contributed by atoms with E-state index in [1.807, 2.05) is 13.0 Å². The van der Waals surface area contributed by atoms with Crippen LogP contribution in [-0.2, 0) is 0 Å². The molecule has 0 aliphatic rings. The average Bonchev–Trinajstić information content (AvgIpc) is 2.92. The van der Waals surface area contributed by atoms with Gasteiger partial charge in [-0.1, -0.05) is 0 Å². The topological polar surface area (TPSA) is 67.2 Å². The van der Waals surface area contributed by atoms with Crippen LogP contribution in [0.4, 0.5) is 5.82 Å². The van der Waals surface area contributed by atoms with Crippen molar-refractivity contribution in [2.45, 2.75) is 13.0 Å². The van der Waals surface area contributed by atoms with Gasteiger partial charge in [-0.2, -0.15) is 0 Å². The van der Waals surface area contributed by atoms with Crippen molar-refractivity contribution in [1.82, 2.24) is 10.3 Å². The van der Waals surface area contributed by atoms with Gasteiger partial charge in [0.25, 0.3) is 5.91 Å². The third kappa shape index (κ3) is 3.14. The molecule has 0 saturated heterocycles. The molecular weight excluding hydrogens is 310 g/mol. The Kier molecular flexibility index (Phi) is 4.21. The molecule has 1 amide bonds. The molecule has 6 heteroatoms. The predicted molar refractivity (Wildman–Crippen MR) is 76.1 cm³/mol. The van der Waals surface area contributed by atoms with E-state index in [4.69, 9.17) is 4.42 Å². The molecule has 0 spiro atoms. The fourth-order valence-electron chi connectivity index (χ4n) is 1.69. The van der Waals surface area contributed by atoms with Gasteiger partial charge in [0, 0.05) is 17.7 Å². The number of halogens is 1. The second kappa shape index (κ2) is 5.88. The van der Waals surface area contributed by atoms with Crippen molar-refractivity contribution in [2.24, 2.45) is 0 Å². The fraction of sp³-hybridized carbons (Fsp3) is 0.231. The van der Waals surface area contributed by atoms with Gasteiger partial charge in [-0.15, -0.1) is 0 Å². The fourth-order valence-corrected chi connectivity index (χ4v) is 2.03. The van der Waals surface area contributed by atoms with Crippen molar-refractivity contribution in [1.29, 1.82) is 0 Å². The number of pyridine rings is 1. The molecule has 1 unspecified atom stereocenters. The SMILES string of the molecule is CNc1ncc(Br)cc1C(=O)NC(C)c1ccco1. The lowest BCUT2D eigenvalue weighted by Gasteiger charge is -2.13. The van der Waals surface area contributed by atoms with Crippen LogP contribution in [0.3, 0.4) is 0 Å². The Morgan fingerprint density at radius 2 is 2.32 bits per heavy atom. The summed E-state index contributed by atoms with van der Waals surface area (Å²) < 4.78 is 6.01. The highest BCUT2D eigenvalue weighted by atomic mass is 79.9. The largest absolute Gasteiger partial charge is 0.467 e. The number of rotatable bonds is 4. The third-order valence-corrected chi connectivity index (χ3v) is 3.09. The predicted octanol–water partition coefficient (Wildman–Crippen LogP) is 2.97. The lowest BCUT2D eigenvalue weighted by molar-refractivity contribution is 0.0936. The Morgan fingerprint density at radius 1 is 1.53 bits per heavy atom. The van der Waals surface area contributed by atoms with Gasteiger partial charge in [-0.25, -0.2) is 4.98 Å². The number of hydrogen-bond donors (Lipinski definition) is 2. The van der Waals surface area contributed by atoms with E-state index in [0.29, 0.717) is 17.1 Å². The molecule has 2 rings (SSSR count). The summed E-state index contributed by atoms with van der Waals surface area (Å²) in [4.78, 5) is 16.4. The summed E-state index contributed by atoms with van der Waals surface area (Å²) in [5, 5.41) is 5.76. The monoisotopic (exact) mass is 323 g/mol. The van der Waals surface area contributed by atoms with Crippen molar-refractivity contribution in [3.63, 3.8) is 0 Å². The highest BCUT2D eigenvalue weighted by molar-refractivity contribution is 9.10. The van der Waals surface area contributed by atoms with Gasteiger partial charge in [0.05, 0.1) is 17.9 Å². The smallest absolute Gasteiger partial charge is 0.255 e. The van der Waals surface area contributed by atoms with Crippen molar-refractivity contribution in [2.75, 3.05) is 12.4 Å². The number of nitrogens with zero attached hydrogens (tertiary/aromatic N) is 1. The van der Waals surface area contributed by atoms with Crippen LogP contribution in [-0.4, -0.2) is 17.9 Å². The maximum absolute atomic E-state index is 12.2. The first kappa shape index (κ1) is 13.6. The quantitative estimate of drug-likeness (QED) is 0.907. The van der Waals surface area contributed by atoms with Crippen LogP contribution >= 0.6 is 15.9 Å². The standard InChI is InChI=1S/C13H14BrN3O2/c1-8(11-4-3-5-19-11)17-13(18)10-6-9(14)7-16-12(10)15-2/h3-8H,1-2H3,(H,15,16)(H,17,18). The van der Waals surface area contributed by atoms with E-state index in [9.17, 15) is 4.79 Å². The Labute approximate surface area is 119 Å². The lowest BCUT2D eigenvalue weighted by Crippen LogP contribution is -2.27. The van der Waals surface area contributed by atoms with E-state index in [1.54, 1.807) is 31.6 Å². The summed E-state index contributed by atoms with van der Waals surface area (Å²) in [6, 6.07) is 5.13. The van der Waals surface area contributed by atoms with E-state index < -0.39 is 0 Å².